The molecule has 1 aromatic heterocycles. The maximum absolute atomic E-state index is 11.9. The summed E-state index contributed by atoms with van der Waals surface area (Å²) in [7, 11) is 3.87. The first-order chi connectivity index (χ1) is 12.8. The summed E-state index contributed by atoms with van der Waals surface area (Å²) in [4.78, 5) is 38.6. The highest BCUT2D eigenvalue weighted by Crippen LogP contribution is 2.29. The molecule has 0 saturated carbocycles. The molecule has 0 aliphatic carbocycles. The van der Waals surface area contributed by atoms with Gasteiger partial charge >= 0.3 is 5.69 Å². The van der Waals surface area contributed by atoms with Gasteiger partial charge in [0.15, 0.2) is 0 Å². The number of hydrazone groups is 1. The number of hydrogen-bond acceptors (Lipinski definition) is 8. The van der Waals surface area contributed by atoms with E-state index in [0.29, 0.717) is 0 Å². The number of aromatic nitrogens is 3. The van der Waals surface area contributed by atoms with Gasteiger partial charge in [-0.25, -0.2) is 9.89 Å². The Morgan fingerprint density at radius 2 is 2.00 bits per heavy atom. The van der Waals surface area contributed by atoms with Crippen LogP contribution in [0.1, 0.15) is 18.7 Å². The van der Waals surface area contributed by atoms with Gasteiger partial charge in [-0.2, -0.15) is 5.01 Å². The van der Waals surface area contributed by atoms with Crippen molar-refractivity contribution in [3.8, 4) is 0 Å². The van der Waals surface area contributed by atoms with Gasteiger partial charge in [-0.05, 0) is 12.1 Å². The molecule has 11 nitrogen and oxygen atoms in total. The van der Waals surface area contributed by atoms with Gasteiger partial charge in [-0.3, -0.25) is 14.6 Å². The molecule has 0 unspecified atom stereocenters. The first kappa shape index (κ1) is 18.2. The molecule has 0 fully saturated rings. The molecule has 11 heteroatoms. The van der Waals surface area contributed by atoms with Crippen LogP contribution < -0.4 is 21.5 Å². The lowest BCUT2D eigenvalue weighted by Gasteiger charge is -2.20. The number of carbonyl (C=O) groups excluding carboxylic acids is 1. The standard InChI is InChI=1S/C16H19N7O4/c1-9(24)23-15(10-4-6-11(7-5-10)22(2)3)27-12(21-23)8-17-13-14(25)18-16(26)20-19-13/h4-7,15H,8H2,1-3H3,(H,17,19)(H2,18,20,25,26)/t15-/m1/s1. The number of amides is 1. The van der Waals surface area contributed by atoms with E-state index in [2.05, 4.69) is 20.6 Å². The number of hydrogen-bond donors (Lipinski definition) is 3. The van der Waals surface area contributed by atoms with Gasteiger partial charge in [0.05, 0.1) is 6.54 Å². The molecule has 3 rings (SSSR count). The van der Waals surface area contributed by atoms with E-state index in [1.54, 1.807) is 0 Å². The van der Waals surface area contributed by atoms with Crippen molar-refractivity contribution in [3.63, 3.8) is 0 Å². The Bertz CT molecular complexity index is 977. The largest absolute Gasteiger partial charge is 0.448 e. The summed E-state index contributed by atoms with van der Waals surface area (Å²) in [6, 6.07) is 7.54. The van der Waals surface area contributed by atoms with Crippen LogP contribution in [0.3, 0.4) is 0 Å². The highest BCUT2D eigenvalue weighted by atomic mass is 16.5. The molecule has 27 heavy (non-hydrogen) atoms. The topological polar surface area (TPSA) is 136 Å². The quantitative estimate of drug-likeness (QED) is 0.662. The lowest BCUT2D eigenvalue weighted by molar-refractivity contribution is -0.135. The van der Waals surface area contributed by atoms with Crippen LogP contribution in [0.15, 0.2) is 39.0 Å². The number of aromatic amines is 2. The molecule has 1 aliphatic heterocycles. The first-order valence-corrected chi connectivity index (χ1v) is 8.09. The molecule has 1 aromatic carbocycles. The third kappa shape index (κ3) is 3.97. The maximum Gasteiger partial charge on any atom is 0.342 e. The van der Waals surface area contributed by atoms with Crippen LogP contribution in [0.25, 0.3) is 0 Å². The van der Waals surface area contributed by atoms with Crippen LogP contribution >= 0.6 is 0 Å². The lowest BCUT2D eigenvalue weighted by Crippen LogP contribution is -2.28. The van der Waals surface area contributed by atoms with Crippen LogP contribution in [-0.2, 0) is 9.53 Å². The van der Waals surface area contributed by atoms with E-state index in [1.807, 2.05) is 48.2 Å². The fourth-order valence-corrected chi connectivity index (χ4v) is 2.46. The summed E-state index contributed by atoms with van der Waals surface area (Å²) < 4.78 is 5.77. The van der Waals surface area contributed by atoms with Gasteiger partial charge in [0.2, 0.25) is 23.9 Å². The number of carbonyl (C=O) groups is 1. The monoisotopic (exact) mass is 373 g/mol. The minimum Gasteiger partial charge on any atom is -0.448 e. The van der Waals surface area contributed by atoms with E-state index in [9.17, 15) is 14.4 Å². The van der Waals surface area contributed by atoms with Gasteiger partial charge in [0, 0.05) is 32.3 Å². The molecular formula is C16H19N7O4. The molecule has 2 heterocycles. The Kier molecular flexibility index (Phi) is 4.92. The number of ether oxygens (including phenoxy) is 1. The summed E-state index contributed by atoms with van der Waals surface area (Å²) in [5, 5.41) is 13.8. The zero-order valence-electron chi connectivity index (χ0n) is 15.0. The van der Waals surface area contributed by atoms with Gasteiger partial charge < -0.3 is 15.0 Å². The maximum atomic E-state index is 11.9. The van der Waals surface area contributed by atoms with Crippen molar-refractivity contribution in [2.45, 2.75) is 13.2 Å². The molecule has 0 saturated heterocycles. The second-order valence-electron chi connectivity index (χ2n) is 6.02. The highest BCUT2D eigenvalue weighted by Gasteiger charge is 2.32. The second kappa shape index (κ2) is 7.32. The van der Waals surface area contributed by atoms with Crippen molar-refractivity contribution in [3.05, 3.63) is 50.7 Å². The van der Waals surface area contributed by atoms with Crippen LogP contribution in [0.2, 0.25) is 0 Å². The smallest absolute Gasteiger partial charge is 0.342 e. The zero-order valence-corrected chi connectivity index (χ0v) is 15.0. The number of benzene rings is 1. The van der Waals surface area contributed by atoms with E-state index < -0.39 is 17.5 Å². The minimum atomic E-state index is -0.705. The normalized spacial score (nSPS) is 15.9. The number of nitrogens with zero attached hydrogens (tertiary/aromatic N) is 4. The van der Waals surface area contributed by atoms with Crippen molar-refractivity contribution < 1.29 is 9.53 Å². The molecule has 1 aliphatic rings. The second-order valence-corrected chi connectivity index (χ2v) is 6.02. The molecule has 3 N–H and O–H groups in total. The molecule has 142 valence electrons. The third-order valence-electron chi connectivity index (χ3n) is 3.82. The fraction of sp³-hybridized carbons (Fsp3) is 0.312. The average molecular weight is 373 g/mol. The van der Waals surface area contributed by atoms with E-state index in [0.717, 1.165) is 11.3 Å². The van der Waals surface area contributed by atoms with E-state index in [1.165, 1.54) is 11.9 Å². The van der Waals surface area contributed by atoms with Gasteiger partial charge in [-0.1, -0.05) is 12.1 Å². The predicted molar refractivity (Wildman–Crippen MR) is 98.5 cm³/mol. The number of rotatable bonds is 5. The van der Waals surface area contributed by atoms with E-state index in [4.69, 9.17) is 4.74 Å². The van der Waals surface area contributed by atoms with Gasteiger partial charge in [0.1, 0.15) is 0 Å². The van der Waals surface area contributed by atoms with Crippen molar-refractivity contribution in [2.24, 2.45) is 5.10 Å². The van der Waals surface area contributed by atoms with Crippen LogP contribution in [-0.4, -0.2) is 52.6 Å². The van der Waals surface area contributed by atoms with Crippen molar-refractivity contribution in [1.82, 2.24) is 20.2 Å². The third-order valence-corrected chi connectivity index (χ3v) is 3.82. The minimum absolute atomic E-state index is 0.0121. The summed E-state index contributed by atoms with van der Waals surface area (Å²) in [6.45, 7) is 1.40. The molecule has 0 spiro atoms. The molecule has 2 aromatic rings. The SMILES string of the molecule is CC(=O)N1N=C(CNc2n[nH]c(=O)[nH]c2=O)O[C@@H]1c1ccc(N(C)C)cc1. The van der Waals surface area contributed by atoms with Gasteiger partial charge in [0.25, 0.3) is 5.56 Å². The molecule has 1 atom stereocenters. The summed E-state index contributed by atoms with van der Waals surface area (Å²) in [5.41, 5.74) is 0.396. The Balaban J connectivity index is 1.74. The number of H-pyrrole nitrogens is 2. The fourth-order valence-electron chi connectivity index (χ4n) is 2.46. The van der Waals surface area contributed by atoms with Crippen molar-refractivity contribution >= 4 is 23.3 Å². The first-order valence-electron chi connectivity index (χ1n) is 8.09. The average Bonchev–Trinajstić information content (AvgIpc) is 3.05. The lowest BCUT2D eigenvalue weighted by atomic mass is 10.1. The summed E-state index contributed by atoms with van der Waals surface area (Å²) in [5.74, 6) is -0.167. The van der Waals surface area contributed by atoms with Crippen LogP contribution in [0.5, 0.6) is 0 Å². The predicted octanol–water partition coefficient (Wildman–Crippen LogP) is -0.173. The van der Waals surface area contributed by atoms with E-state index >= 15 is 0 Å². The summed E-state index contributed by atoms with van der Waals surface area (Å²) in [6.07, 6.45) is -0.697. The Morgan fingerprint density at radius 3 is 2.59 bits per heavy atom. The number of anilines is 2. The Labute approximate surface area is 153 Å². The Hall–Kier alpha value is -3.63. The van der Waals surface area contributed by atoms with Crippen LogP contribution in [0.4, 0.5) is 11.5 Å². The van der Waals surface area contributed by atoms with Crippen molar-refractivity contribution in [1.29, 1.82) is 0 Å². The molecule has 0 radical (unpaired) electrons. The number of nitrogens with one attached hydrogen (secondary N) is 3. The van der Waals surface area contributed by atoms with Crippen molar-refractivity contribution in [2.75, 3.05) is 30.9 Å². The van der Waals surface area contributed by atoms with Gasteiger partial charge in [-0.15, -0.1) is 10.2 Å². The summed E-state index contributed by atoms with van der Waals surface area (Å²) >= 11 is 0. The molecular weight excluding hydrogens is 354 g/mol. The van der Waals surface area contributed by atoms with Crippen LogP contribution in [0, 0.1) is 0 Å². The molecule has 1 amide bonds. The Morgan fingerprint density at radius 1 is 1.30 bits per heavy atom. The van der Waals surface area contributed by atoms with E-state index in [-0.39, 0.29) is 24.2 Å². The highest BCUT2D eigenvalue weighted by molar-refractivity contribution is 5.85. The zero-order chi connectivity index (χ0) is 19.6. The molecule has 0 bridgehead atoms.